The number of pyridine rings is 2. The van der Waals surface area contributed by atoms with Crippen molar-refractivity contribution < 1.29 is 0 Å². The van der Waals surface area contributed by atoms with Gasteiger partial charge in [-0.15, -0.1) is 0 Å². The van der Waals surface area contributed by atoms with Crippen LogP contribution in [0.4, 0.5) is 5.82 Å². The Morgan fingerprint density at radius 1 is 0.825 bits per heavy atom. The summed E-state index contributed by atoms with van der Waals surface area (Å²) in [6.07, 6.45) is 5.21. The van der Waals surface area contributed by atoms with E-state index in [1.54, 1.807) is 24.5 Å². The molecule has 0 amide bonds. The average molecular weight is 523 g/mol. The van der Waals surface area contributed by atoms with E-state index in [1.165, 1.54) is 5.56 Å². The van der Waals surface area contributed by atoms with Gasteiger partial charge in [-0.05, 0) is 42.2 Å². The summed E-state index contributed by atoms with van der Waals surface area (Å²) in [6, 6.07) is 29.0. The molecule has 1 N–H and O–H groups in total. The fourth-order valence-electron chi connectivity index (χ4n) is 5.13. The molecule has 8 nitrogen and oxygen atoms in total. The van der Waals surface area contributed by atoms with Gasteiger partial charge in [0.15, 0.2) is 0 Å². The van der Waals surface area contributed by atoms with Gasteiger partial charge in [-0.3, -0.25) is 9.88 Å². The van der Waals surface area contributed by atoms with Crippen molar-refractivity contribution in [3.8, 4) is 34.5 Å². The maximum absolute atomic E-state index is 9.34. The van der Waals surface area contributed by atoms with E-state index >= 15 is 0 Å². The number of hydrogen-bond acceptors (Lipinski definition) is 8. The van der Waals surface area contributed by atoms with Gasteiger partial charge in [0.05, 0.1) is 22.3 Å². The van der Waals surface area contributed by atoms with Gasteiger partial charge in [-0.1, -0.05) is 54.6 Å². The molecule has 8 heteroatoms. The summed E-state index contributed by atoms with van der Waals surface area (Å²) < 4.78 is 0. The number of rotatable bonds is 6. The Balaban J connectivity index is 1.18. The van der Waals surface area contributed by atoms with Crippen molar-refractivity contribution >= 4 is 16.9 Å². The van der Waals surface area contributed by atoms with Crippen LogP contribution in [0.15, 0.2) is 85.2 Å². The smallest absolute Gasteiger partial charge is 0.234 e. The van der Waals surface area contributed by atoms with Crippen molar-refractivity contribution in [1.82, 2.24) is 24.8 Å². The van der Waals surface area contributed by atoms with Crippen LogP contribution in [-0.4, -0.2) is 44.0 Å². The van der Waals surface area contributed by atoms with Crippen LogP contribution in [0.25, 0.3) is 33.4 Å². The number of nitrogens with zero attached hydrogens (tertiary/aromatic N) is 7. The second kappa shape index (κ2) is 11.3. The van der Waals surface area contributed by atoms with Crippen molar-refractivity contribution in [2.75, 3.05) is 18.4 Å². The zero-order chi connectivity index (χ0) is 27.3. The van der Waals surface area contributed by atoms with Gasteiger partial charge in [0.1, 0.15) is 18.0 Å². The Bertz CT molecular complexity index is 1730. The Labute approximate surface area is 232 Å². The Morgan fingerprint density at radius 3 is 2.38 bits per heavy atom. The minimum absolute atomic E-state index is 0.184. The molecule has 1 saturated heterocycles. The number of benzene rings is 2. The maximum Gasteiger partial charge on any atom is 0.234 e. The molecule has 0 unspecified atom stereocenters. The topological polar surface area (TPSA) is 114 Å². The zero-order valence-electron chi connectivity index (χ0n) is 21.8. The lowest BCUT2D eigenvalue weighted by atomic mass is 9.97. The molecule has 3 aromatic heterocycles. The van der Waals surface area contributed by atoms with E-state index in [0.717, 1.165) is 60.4 Å². The van der Waals surface area contributed by atoms with E-state index in [4.69, 9.17) is 10.2 Å². The molecule has 1 aliphatic rings. The lowest BCUT2D eigenvalue weighted by Crippen LogP contribution is -2.38. The number of aromatic nitrogens is 4. The van der Waals surface area contributed by atoms with Crippen LogP contribution in [0.3, 0.4) is 0 Å². The summed E-state index contributed by atoms with van der Waals surface area (Å²) in [5, 5.41) is 21.8. The van der Waals surface area contributed by atoms with Gasteiger partial charge >= 0.3 is 0 Å². The predicted molar refractivity (Wildman–Crippen MR) is 154 cm³/mol. The third-order valence-electron chi connectivity index (χ3n) is 7.21. The first kappa shape index (κ1) is 25.1. The first-order valence-electron chi connectivity index (χ1n) is 13.3. The summed E-state index contributed by atoms with van der Waals surface area (Å²) in [5.74, 6) is 0.890. The van der Waals surface area contributed by atoms with Crippen molar-refractivity contribution in [3.63, 3.8) is 0 Å². The molecule has 0 atom stereocenters. The van der Waals surface area contributed by atoms with E-state index in [1.807, 2.05) is 24.3 Å². The number of anilines is 1. The largest absolute Gasteiger partial charge is 0.367 e. The number of nitrogens with one attached hydrogen (secondary N) is 1. The van der Waals surface area contributed by atoms with Crippen LogP contribution < -0.4 is 5.32 Å². The van der Waals surface area contributed by atoms with Crippen molar-refractivity contribution in [2.45, 2.75) is 25.4 Å². The molecule has 40 heavy (non-hydrogen) atoms. The lowest BCUT2D eigenvalue weighted by molar-refractivity contribution is 0.211. The quantitative estimate of drug-likeness (QED) is 0.308. The van der Waals surface area contributed by atoms with Gasteiger partial charge in [0.25, 0.3) is 0 Å². The number of likely N-dealkylation sites (tertiary alicyclic amines) is 1. The SMILES string of the molecule is N#Cc1cnc2cc(-c3ccccc3)c(-c3ccc(CN4CCC(Nc5ccnc(C#N)n5)CC4)cc3)nc2c1. The van der Waals surface area contributed by atoms with E-state index in [-0.39, 0.29) is 5.82 Å². The molecule has 1 aliphatic heterocycles. The van der Waals surface area contributed by atoms with Crippen LogP contribution in [-0.2, 0) is 6.54 Å². The summed E-state index contributed by atoms with van der Waals surface area (Å²) in [5.41, 5.74) is 7.20. The van der Waals surface area contributed by atoms with E-state index in [9.17, 15) is 5.26 Å². The first-order valence-corrected chi connectivity index (χ1v) is 13.3. The maximum atomic E-state index is 9.34. The van der Waals surface area contributed by atoms with Crippen LogP contribution in [0, 0.1) is 22.7 Å². The minimum atomic E-state index is 0.184. The fraction of sp³-hybridized carbons (Fsp3) is 0.188. The monoisotopic (exact) mass is 522 g/mol. The fourth-order valence-corrected chi connectivity index (χ4v) is 5.13. The minimum Gasteiger partial charge on any atom is -0.367 e. The highest BCUT2D eigenvalue weighted by Crippen LogP contribution is 2.33. The zero-order valence-corrected chi connectivity index (χ0v) is 21.8. The summed E-state index contributed by atoms with van der Waals surface area (Å²) in [6.45, 7) is 2.84. The highest BCUT2D eigenvalue weighted by atomic mass is 15.1. The van der Waals surface area contributed by atoms with E-state index < -0.39 is 0 Å². The molecule has 1 fully saturated rings. The highest BCUT2D eigenvalue weighted by molar-refractivity contribution is 5.90. The summed E-state index contributed by atoms with van der Waals surface area (Å²) >= 11 is 0. The number of nitriles is 2. The second-order valence-corrected chi connectivity index (χ2v) is 9.89. The van der Waals surface area contributed by atoms with Gasteiger partial charge in [0, 0.05) is 49.2 Å². The van der Waals surface area contributed by atoms with E-state index in [2.05, 4.69) is 73.7 Å². The molecule has 194 valence electrons. The van der Waals surface area contributed by atoms with Crippen LogP contribution in [0.5, 0.6) is 0 Å². The summed E-state index contributed by atoms with van der Waals surface area (Å²) in [7, 11) is 0. The molecular formula is C32H26N8. The van der Waals surface area contributed by atoms with Crippen LogP contribution in [0.2, 0.25) is 0 Å². The molecule has 0 spiro atoms. The first-order chi connectivity index (χ1) is 19.7. The number of piperidine rings is 1. The molecule has 5 aromatic rings. The molecule has 2 aromatic carbocycles. The lowest BCUT2D eigenvalue weighted by Gasteiger charge is -2.32. The average Bonchev–Trinajstić information content (AvgIpc) is 3.02. The molecule has 4 heterocycles. The highest BCUT2D eigenvalue weighted by Gasteiger charge is 2.20. The van der Waals surface area contributed by atoms with E-state index in [0.29, 0.717) is 22.9 Å². The van der Waals surface area contributed by atoms with Gasteiger partial charge in [0.2, 0.25) is 5.82 Å². The third-order valence-corrected chi connectivity index (χ3v) is 7.21. The molecular weight excluding hydrogens is 496 g/mol. The van der Waals surface area contributed by atoms with Crippen molar-refractivity contribution in [3.05, 3.63) is 102 Å². The Morgan fingerprint density at radius 2 is 1.62 bits per heavy atom. The van der Waals surface area contributed by atoms with Crippen molar-refractivity contribution in [2.24, 2.45) is 0 Å². The molecule has 6 rings (SSSR count). The van der Waals surface area contributed by atoms with Crippen molar-refractivity contribution in [1.29, 1.82) is 10.5 Å². The number of hydrogen-bond donors (Lipinski definition) is 1. The second-order valence-electron chi connectivity index (χ2n) is 9.89. The van der Waals surface area contributed by atoms with Gasteiger partial charge in [-0.25, -0.2) is 15.0 Å². The number of fused-ring (bicyclic) bond motifs is 1. The van der Waals surface area contributed by atoms with Crippen LogP contribution in [0.1, 0.15) is 29.8 Å². The van der Waals surface area contributed by atoms with Gasteiger partial charge < -0.3 is 5.32 Å². The standard InChI is InChI=1S/C32H26N8/c33-18-23-16-29-28(36-20-23)17-27(24-4-2-1-3-5-24)32(38-29)25-8-6-22(7-9-25)21-40-14-11-26(12-15-40)37-30-10-13-35-31(19-34)39-30/h1-10,13,16-17,20,26H,11-12,14-15,21H2,(H,35,37,39). The Kier molecular flexibility index (Phi) is 7.09. The van der Waals surface area contributed by atoms with Gasteiger partial charge in [-0.2, -0.15) is 10.5 Å². The molecule has 0 aliphatic carbocycles. The van der Waals surface area contributed by atoms with Crippen LogP contribution >= 0.6 is 0 Å². The predicted octanol–water partition coefficient (Wildman–Crippen LogP) is 5.57. The normalized spacial score (nSPS) is 13.9. The third kappa shape index (κ3) is 5.49. The Hall–Kier alpha value is -5.18. The molecule has 0 bridgehead atoms. The molecule has 0 radical (unpaired) electrons. The molecule has 0 saturated carbocycles. The summed E-state index contributed by atoms with van der Waals surface area (Å²) in [4.78, 5) is 20.1.